The normalized spacial score (nSPS) is 18.8. The van der Waals surface area contributed by atoms with E-state index in [-0.39, 0.29) is 5.82 Å². The lowest BCUT2D eigenvalue weighted by Crippen LogP contribution is -2.25. The van der Waals surface area contributed by atoms with Gasteiger partial charge in [0.2, 0.25) is 5.82 Å². The SMILES string of the molecule is COC(=O)c1nccc(NC(C2CC2)C2CC2)n1. The summed E-state index contributed by atoms with van der Waals surface area (Å²) in [4.78, 5) is 19.5. The van der Waals surface area contributed by atoms with E-state index in [0.717, 1.165) is 17.7 Å². The van der Waals surface area contributed by atoms with Gasteiger partial charge in [0.15, 0.2) is 0 Å². The van der Waals surface area contributed by atoms with Gasteiger partial charge in [-0.2, -0.15) is 0 Å². The lowest BCUT2D eigenvalue weighted by atomic mass is 10.1. The maximum atomic E-state index is 11.4. The number of aromatic nitrogens is 2. The van der Waals surface area contributed by atoms with E-state index < -0.39 is 5.97 Å². The second-order valence-corrected chi connectivity index (χ2v) is 5.10. The molecule has 0 aliphatic heterocycles. The molecule has 0 radical (unpaired) electrons. The highest BCUT2D eigenvalue weighted by molar-refractivity contribution is 5.85. The number of hydrogen-bond donors (Lipinski definition) is 1. The van der Waals surface area contributed by atoms with Crippen LogP contribution in [0.1, 0.15) is 36.3 Å². The molecular formula is C13H17N3O2. The van der Waals surface area contributed by atoms with Crippen LogP contribution in [-0.4, -0.2) is 29.1 Å². The molecular weight excluding hydrogens is 230 g/mol. The van der Waals surface area contributed by atoms with Crippen molar-refractivity contribution in [3.05, 3.63) is 18.1 Å². The minimum absolute atomic E-state index is 0.118. The van der Waals surface area contributed by atoms with Crippen LogP contribution >= 0.6 is 0 Å². The first-order chi connectivity index (χ1) is 8.78. The number of carbonyl (C=O) groups excluding carboxylic acids is 1. The topological polar surface area (TPSA) is 64.1 Å². The molecule has 1 N–H and O–H groups in total. The third-order valence-electron chi connectivity index (χ3n) is 3.60. The van der Waals surface area contributed by atoms with E-state index in [1.54, 1.807) is 6.20 Å². The van der Waals surface area contributed by atoms with Gasteiger partial charge in [-0.3, -0.25) is 0 Å². The van der Waals surface area contributed by atoms with Gasteiger partial charge < -0.3 is 10.1 Å². The zero-order valence-electron chi connectivity index (χ0n) is 10.4. The Morgan fingerprint density at radius 2 is 2.06 bits per heavy atom. The van der Waals surface area contributed by atoms with Gasteiger partial charge in [0.1, 0.15) is 5.82 Å². The lowest BCUT2D eigenvalue weighted by molar-refractivity contribution is 0.0587. The summed E-state index contributed by atoms with van der Waals surface area (Å²) in [6, 6.07) is 2.33. The van der Waals surface area contributed by atoms with Crippen LogP contribution in [0.3, 0.4) is 0 Å². The summed E-state index contributed by atoms with van der Waals surface area (Å²) in [6.45, 7) is 0. The second kappa shape index (κ2) is 4.55. The molecule has 0 spiro atoms. The number of rotatable bonds is 5. The zero-order chi connectivity index (χ0) is 12.5. The summed E-state index contributed by atoms with van der Waals surface area (Å²) in [5.74, 6) is 1.93. The number of ether oxygens (including phenoxy) is 1. The molecule has 0 bridgehead atoms. The van der Waals surface area contributed by atoms with Crippen LogP contribution in [0, 0.1) is 11.8 Å². The highest BCUT2D eigenvalue weighted by atomic mass is 16.5. The van der Waals surface area contributed by atoms with E-state index in [2.05, 4.69) is 20.0 Å². The molecule has 0 saturated heterocycles. The molecule has 0 unspecified atom stereocenters. The molecule has 2 saturated carbocycles. The van der Waals surface area contributed by atoms with Crippen molar-refractivity contribution in [1.29, 1.82) is 0 Å². The third kappa shape index (κ3) is 2.44. The average molecular weight is 247 g/mol. The van der Waals surface area contributed by atoms with Crippen LogP contribution in [0.15, 0.2) is 12.3 Å². The van der Waals surface area contributed by atoms with E-state index in [4.69, 9.17) is 0 Å². The number of nitrogens with one attached hydrogen (secondary N) is 1. The number of anilines is 1. The van der Waals surface area contributed by atoms with Crippen LogP contribution in [0.4, 0.5) is 5.82 Å². The first kappa shape index (κ1) is 11.4. The Labute approximate surface area is 106 Å². The Balaban J connectivity index is 1.72. The van der Waals surface area contributed by atoms with Crippen LogP contribution < -0.4 is 5.32 Å². The highest BCUT2D eigenvalue weighted by Crippen LogP contribution is 2.45. The Morgan fingerprint density at radius 1 is 1.39 bits per heavy atom. The molecule has 1 aromatic heterocycles. The lowest BCUT2D eigenvalue weighted by Gasteiger charge is -2.18. The standard InChI is InChI=1S/C13H17N3O2/c1-18-13(17)12-14-7-6-10(16-12)15-11(8-2-3-8)9-4-5-9/h6-9,11H,2-5H2,1H3,(H,14,15,16). The van der Waals surface area contributed by atoms with Gasteiger partial charge in [-0.1, -0.05) is 0 Å². The fourth-order valence-electron chi connectivity index (χ4n) is 2.33. The van der Waals surface area contributed by atoms with Gasteiger partial charge in [-0.15, -0.1) is 0 Å². The number of carbonyl (C=O) groups is 1. The molecule has 96 valence electrons. The molecule has 2 aliphatic rings. The molecule has 5 heteroatoms. The summed E-state index contributed by atoms with van der Waals surface area (Å²) in [6.07, 6.45) is 6.83. The molecule has 2 fully saturated rings. The van der Waals surface area contributed by atoms with E-state index in [9.17, 15) is 4.79 Å². The van der Waals surface area contributed by atoms with Crippen LogP contribution in [-0.2, 0) is 4.74 Å². The van der Waals surface area contributed by atoms with E-state index >= 15 is 0 Å². The number of esters is 1. The third-order valence-corrected chi connectivity index (χ3v) is 3.60. The molecule has 2 aliphatic carbocycles. The molecule has 3 rings (SSSR count). The predicted molar refractivity (Wildman–Crippen MR) is 66.2 cm³/mol. The fraction of sp³-hybridized carbons (Fsp3) is 0.615. The number of nitrogens with zero attached hydrogens (tertiary/aromatic N) is 2. The van der Waals surface area contributed by atoms with Crippen LogP contribution in [0.2, 0.25) is 0 Å². The molecule has 18 heavy (non-hydrogen) atoms. The predicted octanol–water partition coefficient (Wildman–Crippen LogP) is 1.86. The van der Waals surface area contributed by atoms with Crippen molar-refractivity contribution in [3.8, 4) is 0 Å². The summed E-state index contributed by atoms with van der Waals surface area (Å²) >= 11 is 0. The van der Waals surface area contributed by atoms with Crippen molar-refractivity contribution >= 4 is 11.8 Å². The first-order valence-corrected chi connectivity index (χ1v) is 6.46. The average Bonchev–Trinajstić information content (AvgIpc) is 3.28. The van der Waals surface area contributed by atoms with Crippen molar-refractivity contribution in [2.75, 3.05) is 12.4 Å². The van der Waals surface area contributed by atoms with Gasteiger partial charge in [0.25, 0.3) is 0 Å². The molecule has 0 atom stereocenters. The smallest absolute Gasteiger partial charge is 0.376 e. The van der Waals surface area contributed by atoms with Gasteiger partial charge in [-0.25, -0.2) is 14.8 Å². The first-order valence-electron chi connectivity index (χ1n) is 6.46. The molecule has 1 aromatic rings. The quantitative estimate of drug-likeness (QED) is 0.805. The largest absolute Gasteiger partial charge is 0.463 e. The summed E-state index contributed by atoms with van der Waals surface area (Å²) in [5, 5.41) is 3.46. The Kier molecular flexibility index (Phi) is 2.89. The van der Waals surface area contributed by atoms with Crippen molar-refractivity contribution in [2.45, 2.75) is 31.7 Å². The van der Waals surface area contributed by atoms with E-state index in [1.165, 1.54) is 32.8 Å². The highest BCUT2D eigenvalue weighted by Gasteiger charge is 2.41. The van der Waals surface area contributed by atoms with Crippen LogP contribution in [0.25, 0.3) is 0 Å². The van der Waals surface area contributed by atoms with E-state index in [0.29, 0.717) is 6.04 Å². The van der Waals surface area contributed by atoms with Gasteiger partial charge in [0.05, 0.1) is 7.11 Å². The van der Waals surface area contributed by atoms with Crippen molar-refractivity contribution < 1.29 is 9.53 Å². The minimum atomic E-state index is -0.493. The van der Waals surface area contributed by atoms with Crippen molar-refractivity contribution in [1.82, 2.24) is 9.97 Å². The fourth-order valence-corrected chi connectivity index (χ4v) is 2.33. The summed E-state index contributed by atoms with van der Waals surface area (Å²) in [5.41, 5.74) is 0. The second-order valence-electron chi connectivity index (χ2n) is 5.10. The number of hydrogen-bond acceptors (Lipinski definition) is 5. The van der Waals surface area contributed by atoms with Crippen molar-refractivity contribution in [3.63, 3.8) is 0 Å². The summed E-state index contributed by atoms with van der Waals surface area (Å²) < 4.78 is 4.62. The van der Waals surface area contributed by atoms with Crippen molar-refractivity contribution in [2.24, 2.45) is 11.8 Å². The molecule has 0 aromatic carbocycles. The Morgan fingerprint density at radius 3 is 2.61 bits per heavy atom. The zero-order valence-corrected chi connectivity index (χ0v) is 10.4. The summed E-state index contributed by atoms with van der Waals surface area (Å²) in [7, 11) is 1.34. The molecule has 1 heterocycles. The van der Waals surface area contributed by atoms with Crippen LogP contribution in [0.5, 0.6) is 0 Å². The van der Waals surface area contributed by atoms with E-state index in [1.807, 2.05) is 6.07 Å². The molecule has 0 amide bonds. The molecule has 5 nitrogen and oxygen atoms in total. The number of methoxy groups -OCH3 is 1. The van der Waals surface area contributed by atoms with Gasteiger partial charge >= 0.3 is 5.97 Å². The maximum absolute atomic E-state index is 11.4. The Hall–Kier alpha value is -1.65. The Bertz CT molecular complexity index is 443. The van der Waals surface area contributed by atoms with Gasteiger partial charge in [-0.05, 0) is 43.6 Å². The monoisotopic (exact) mass is 247 g/mol. The minimum Gasteiger partial charge on any atom is -0.463 e. The maximum Gasteiger partial charge on any atom is 0.376 e. The van der Waals surface area contributed by atoms with Gasteiger partial charge in [0, 0.05) is 12.2 Å².